The molecule has 0 unspecified atom stereocenters. The Morgan fingerprint density at radius 3 is 3.09 bits per heavy atom. The minimum Gasteiger partial charge on any atom is -0.306 e. The maximum absolute atomic E-state index is 4.32. The number of rotatable bonds is 0. The van der Waals surface area contributed by atoms with Crippen molar-refractivity contribution in [3.63, 3.8) is 0 Å². The fraction of sp³-hybridized carbons (Fsp3) is 0.222. The minimum absolute atomic E-state index is 0.999. The first-order chi connectivity index (χ1) is 5.25. The lowest BCUT2D eigenvalue weighted by Gasteiger charge is -1.91. The Bertz CT molecular complexity index is 387. The first-order valence-electron chi connectivity index (χ1n) is 3.59. The Balaban J connectivity index is 2.82. The molecule has 2 aromatic heterocycles. The Kier molecular flexibility index (Phi) is 1.22. The number of pyridine rings is 1. The third kappa shape index (κ3) is 1.00. The van der Waals surface area contributed by atoms with Gasteiger partial charge in [0, 0.05) is 18.5 Å². The Hall–Kier alpha value is -1.31. The Morgan fingerprint density at radius 1 is 1.45 bits per heavy atom. The van der Waals surface area contributed by atoms with Crippen LogP contribution in [0.4, 0.5) is 0 Å². The molecule has 2 nitrogen and oxygen atoms in total. The van der Waals surface area contributed by atoms with Crippen molar-refractivity contribution in [1.82, 2.24) is 9.38 Å². The molecule has 0 saturated heterocycles. The van der Waals surface area contributed by atoms with Gasteiger partial charge in [0.15, 0.2) is 0 Å². The summed E-state index contributed by atoms with van der Waals surface area (Å²) in [6, 6.07) is 5.13. The highest BCUT2D eigenvalue weighted by Gasteiger charge is 1.95. The molecule has 0 aromatic carbocycles. The van der Waals surface area contributed by atoms with Gasteiger partial charge in [0.05, 0.1) is 5.69 Å². The number of nitrogens with zero attached hydrogens (tertiary/aromatic N) is 2. The second-order valence-electron chi connectivity index (χ2n) is 2.75. The van der Waals surface area contributed by atoms with Gasteiger partial charge in [-0.15, -0.1) is 0 Å². The van der Waals surface area contributed by atoms with E-state index in [0.29, 0.717) is 0 Å². The Morgan fingerprint density at radius 2 is 2.27 bits per heavy atom. The number of aromatic nitrogens is 2. The van der Waals surface area contributed by atoms with Crippen LogP contribution in [0.2, 0.25) is 0 Å². The van der Waals surface area contributed by atoms with E-state index >= 15 is 0 Å². The zero-order valence-electron chi connectivity index (χ0n) is 6.63. The summed E-state index contributed by atoms with van der Waals surface area (Å²) in [5.41, 5.74) is 3.17. The van der Waals surface area contributed by atoms with E-state index in [4.69, 9.17) is 0 Å². The van der Waals surface area contributed by atoms with Crippen LogP contribution in [0.15, 0.2) is 18.5 Å². The molecule has 0 aliphatic carbocycles. The Labute approximate surface area is 65.5 Å². The van der Waals surface area contributed by atoms with Crippen LogP contribution >= 0.6 is 0 Å². The predicted molar refractivity (Wildman–Crippen MR) is 43.5 cm³/mol. The van der Waals surface area contributed by atoms with E-state index in [-0.39, 0.29) is 0 Å². The summed E-state index contributed by atoms with van der Waals surface area (Å²) in [6.07, 6.45) is 3.90. The second kappa shape index (κ2) is 2.09. The molecule has 1 radical (unpaired) electrons. The number of imidazole rings is 1. The summed E-state index contributed by atoms with van der Waals surface area (Å²) in [6.45, 7) is 4.01. The zero-order valence-corrected chi connectivity index (χ0v) is 6.63. The molecule has 0 N–H and O–H groups in total. The van der Waals surface area contributed by atoms with Crippen LogP contribution in [-0.4, -0.2) is 9.38 Å². The molecule has 55 valence electrons. The largest absolute Gasteiger partial charge is 0.306 e. The topological polar surface area (TPSA) is 17.3 Å². The molecule has 2 aromatic rings. The van der Waals surface area contributed by atoms with Crippen LogP contribution in [0.25, 0.3) is 5.65 Å². The highest BCUT2D eigenvalue weighted by atomic mass is 15.0. The summed E-state index contributed by atoms with van der Waals surface area (Å²) in [5, 5.41) is 0. The fourth-order valence-corrected chi connectivity index (χ4v) is 1.15. The van der Waals surface area contributed by atoms with Crippen molar-refractivity contribution in [3.05, 3.63) is 35.8 Å². The van der Waals surface area contributed by atoms with Crippen molar-refractivity contribution in [2.45, 2.75) is 13.8 Å². The van der Waals surface area contributed by atoms with Gasteiger partial charge in [-0.1, -0.05) is 0 Å². The van der Waals surface area contributed by atoms with Crippen molar-refractivity contribution < 1.29 is 0 Å². The molecule has 0 amide bonds. The molecule has 0 atom stereocenters. The maximum atomic E-state index is 4.32. The van der Waals surface area contributed by atoms with Crippen LogP contribution in [0.5, 0.6) is 0 Å². The molecule has 0 spiro atoms. The van der Waals surface area contributed by atoms with E-state index in [2.05, 4.69) is 11.1 Å². The quantitative estimate of drug-likeness (QED) is 0.552. The third-order valence-corrected chi connectivity index (χ3v) is 1.66. The minimum atomic E-state index is 0.999. The van der Waals surface area contributed by atoms with Crippen LogP contribution in [0.3, 0.4) is 0 Å². The number of hydrogen-bond acceptors (Lipinski definition) is 1. The van der Waals surface area contributed by atoms with Gasteiger partial charge in [-0.2, -0.15) is 0 Å². The van der Waals surface area contributed by atoms with Crippen LogP contribution in [-0.2, 0) is 0 Å². The number of hydrogen-bond donors (Lipinski definition) is 0. The van der Waals surface area contributed by atoms with Gasteiger partial charge in [0.2, 0.25) is 0 Å². The van der Waals surface area contributed by atoms with Crippen molar-refractivity contribution in [2.75, 3.05) is 0 Å². The summed E-state index contributed by atoms with van der Waals surface area (Å²) in [5.74, 6) is 0. The van der Waals surface area contributed by atoms with Crippen molar-refractivity contribution in [1.29, 1.82) is 0 Å². The normalized spacial score (nSPS) is 10.7. The van der Waals surface area contributed by atoms with Crippen LogP contribution < -0.4 is 0 Å². The van der Waals surface area contributed by atoms with Crippen molar-refractivity contribution in [3.8, 4) is 0 Å². The highest BCUT2D eigenvalue weighted by molar-refractivity contribution is 5.41. The van der Waals surface area contributed by atoms with Gasteiger partial charge in [0.25, 0.3) is 0 Å². The standard InChI is InChI=1S/C9H9N2/c1-7-3-4-11-6-8(2)10-9(11)5-7/h4-6H,1-2H3. The number of aryl methyl sites for hydroxylation is 2. The lowest BCUT2D eigenvalue weighted by Crippen LogP contribution is -1.82. The number of fused-ring (bicyclic) bond motifs is 1. The summed E-state index contributed by atoms with van der Waals surface area (Å²) in [4.78, 5) is 4.32. The van der Waals surface area contributed by atoms with E-state index in [0.717, 1.165) is 16.9 Å². The van der Waals surface area contributed by atoms with E-state index in [1.807, 2.05) is 36.7 Å². The van der Waals surface area contributed by atoms with E-state index in [1.54, 1.807) is 0 Å². The van der Waals surface area contributed by atoms with E-state index < -0.39 is 0 Å². The maximum Gasteiger partial charge on any atom is 0.137 e. The highest BCUT2D eigenvalue weighted by Crippen LogP contribution is 2.05. The van der Waals surface area contributed by atoms with Gasteiger partial charge in [0.1, 0.15) is 5.65 Å². The summed E-state index contributed by atoms with van der Waals surface area (Å²) in [7, 11) is 0. The first-order valence-corrected chi connectivity index (χ1v) is 3.59. The van der Waals surface area contributed by atoms with Crippen molar-refractivity contribution >= 4 is 5.65 Å². The summed E-state index contributed by atoms with van der Waals surface area (Å²) >= 11 is 0. The van der Waals surface area contributed by atoms with Crippen LogP contribution in [0, 0.1) is 19.9 Å². The molecule has 11 heavy (non-hydrogen) atoms. The molecule has 0 aliphatic heterocycles. The lowest BCUT2D eigenvalue weighted by molar-refractivity contribution is 1.16. The molecular weight excluding hydrogens is 136 g/mol. The first kappa shape index (κ1) is 6.40. The average molecular weight is 145 g/mol. The second-order valence-corrected chi connectivity index (χ2v) is 2.75. The molecule has 0 fully saturated rings. The van der Waals surface area contributed by atoms with Crippen LogP contribution in [0.1, 0.15) is 11.3 Å². The molecule has 0 aliphatic rings. The third-order valence-electron chi connectivity index (χ3n) is 1.66. The predicted octanol–water partition coefficient (Wildman–Crippen LogP) is 1.75. The summed E-state index contributed by atoms with van der Waals surface area (Å²) < 4.78 is 1.97. The smallest absolute Gasteiger partial charge is 0.137 e. The SMILES string of the molecule is Cc1[c]cn2cc(C)nc2c1. The molecule has 0 bridgehead atoms. The zero-order chi connectivity index (χ0) is 7.84. The average Bonchev–Trinajstić information content (AvgIpc) is 2.27. The molecule has 2 heteroatoms. The van der Waals surface area contributed by atoms with E-state index in [1.165, 1.54) is 0 Å². The monoisotopic (exact) mass is 145 g/mol. The van der Waals surface area contributed by atoms with Gasteiger partial charge in [-0.05, 0) is 25.5 Å². The fourth-order valence-electron chi connectivity index (χ4n) is 1.15. The molecular formula is C9H9N2. The van der Waals surface area contributed by atoms with Crippen molar-refractivity contribution in [2.24, 2.45) is 0 Å². The molecule has 0 saturated carbocycles. The molecule has 2 heterocycles. The lowest BCUT2D eigenvalue weighted by atomic mass is 10.3. The van der Waals surface area contributed by atoms with Gasteiger partial charge in [-0.25, -0.2) is 4.98 Å². The van der Waals surface area contributed by atoms with Gasteiger partial charge < -0.3 is 4.40 Å². The van der Waals surface area contributed by atoms with Gasteiger partial charge >= 0.3 is 0 Å². The van der Waals surface area contributed by atoms with Gasteiger partial charge in [-0.3, -0.25) is 0 Å². The van der Waals surface area contributed by atoms with E-state index in [9.17, 15) is 0 Å². The molecule has 2 rings (SSSR count).